The molecule has 7 nitrogen and oxygen atoms in total. The lowest BCUT2D eigenvalue weighted by Crippen LogP contribution is -2.38. The first-order valence-electron chi connectivity index (χ1n) is 10.4. The second kappa shape index (κ2) is 10.6. The Kier molecular flexibility index (Phi) is 7.68. The van der Waals surface area contributed by atoms with Crippen LogP contribution in [0.2, 0.25) is 0 Å². The van der Waals surface area contributed by atoms with E-state index in [0.29, 0.717) is 12.2 Å². The first-order chi connectivity index (χ1) is 14.6. The molecule has 0 spiro atoms. The average Bonchev–Trinajstić information content (AvgIpc) is 3.29. The molecule has 0 aromatic heterocycles. The lowest BCUT2D eigenvalue weighted by Gasteiger charge is -2.20. The molecular formula is C23H30N4O3. The number of hydrogen-bond acceptors (Lipinski definition) is 5. The number of likely N-dealkylation sites (N-methyl/N-ethyl adjacent to an activating group) is 1. The molecule has 1 fully saturated rings. The summed E-state index contributed by atoms with van der Waals surface area (Å²) in [6.07, 6.45) is 2.47. The highest BCUT2D eigenvalue weighted by Crippen LogP contribution is 2.22. The zero-order valence-corrected chi connectivity index (χ0v) is 17.7. The Hall–Kier alpha value is -3.06. The molecule has 2 N–H and O–H groups in total. The van der Waals surface area contributed by atoms with Crippen LogP contribution in [-0.4, -0.2) is 56.5 Å². The van der Waals surface area contributed by atoms with Gasteiger partial charge < -0.3 is 20.3 Å². The number of hydrogen-bond donors (Lipinski definition) is 2. The predicted octanol–water partition coefficient (Wildman–Crippen LogP) is 3.19. The zero-order valence-electron chi connectivity index (χ0n) is 17.7. The van der Waals surface area contributed by atoms with Crippen molar-refractivity contribution in [1.82, 2.24) is 4.90 Å². The summed E-state index contributed by atoms with van der Waals surface area (Å²) in [5.74, 6) is 0.432. The molecule has 0 bridgehead atoms. The van der Waals surface area contributed by atoms with Gasteiger partial charge in [0.15, 0.2) is 0 Å². The molecule has 160 valence electrons. The topological polar surface area (TPSA) is 73.9 Å². The van der Waals surface area contributed by atoms with Gasteiger partial charge in [0.05, 0.1) is 20.2 Å². The van der Waals surface area contributed by atoms with E-state index in [4.69, 9.17) is 4.74 Å². The van der Waals surface area contributed by atoms with Gasteiger partial charge in [0.1, 0.15) is 5.75 Å². The summed E-state index contributed by atoms with van der Waals surface area (Å²) in [5.41, 5.74) is 2.65. The summed E-state index contributed by atoms with van der Waals surface area (Å²) in [4.78, 5) is 28.9. The van der Waals surface area contributed by atoms with Crippen LogP contribution in [0.3, 0.4) is 0 Å². The zero-order chi connectivity index (χ0) is 21.3. The number of nitrogens with one attached hydrogen (secondary N) is 2. The van der Waals surface area contributed by atoms with Crippen molar-refractivity contribution in [2.24, 2.45) is 0 Å². The molecular weight excluding hydrogens is 380 g/mol. The maximum Gasteiger partial charge on any atom is 0.238 e. The Balaban J connectivity index is 1.46. The van der Waals surface area contributed by atoms with E-state index in [1.807, 2.05) is 31.2 Å². The first kappa shape index (κ1) is 21.6. The van der Waals surface area contributed by atoms with E-state index >= 15 is 0 Å². The molecule has 0 saturated carbocycles. The van der Waals surface area contributed by atoms with Crippen LogP contribution in [0.1, 0.15) is 19.8 Å². The smallest absolute Gasteiger partial charge is 0.238 e. The molecule has 1 aliphatic heterocycles. The van der Waals surface area contributed by atoms with Gasteiger partial charge in [-0.2, -0.15) is 0 Å². The van der Waals surface area contributed by atoms with E-state index in [0.717, 1.165) is 24.5 Å². The summed E-state index contributed by atoms with van der Waals surface area (Å²) >= 11 is 0. The van der Waals surface area contributed by atoms with Crippen LogP contribution in [0.4, 0.5) is 17.1 Å². The SMILES string of the molecule is CCN(CC(=O)Nc1ccc(OC)cc1)CC(=O)Nc1ccc(N2CCCC2)cc1. The molecule has 1 heterocycles. The van der Waals surface area contributed by atoms with Crippen molar-refractivity contribution in [1.29, 1.82) is 0 Å². The number of methoxy groups -OCH3 is 1. The third-order valence-electron chi connectivity index (χ3n) is 5.18. The van der Waals surface area contributed by atoms with Crippen LogP contribution in [0.15, 0.2) is 48.5 Å². The monoisotopic (exact) mass is 410 g/mol. The minimum atomic E-state index is -0.162. The van der Waals surface area contributed by atoms with Crippen LogP contribution < -0.4 is 20.3 Å². The quantitative estimate of drug-likeness (QED) is 0.664. The lowest BCUT2D eigenvalue weighted by atomic mass is 10.2. The molecule has 2 aromatic carbocycles. The second-order valence-electron chi connectivity index (χ2n) is 7.37. The van der Waals surface area contributed by atoms with Gasteiger partial charge in [0.2, 0.25) is 11.8 Å². The summed E-state index contributed by atoms with van der Waals surface area (Å²) < 4.78 is 5.11. The van der Waals surface area contributed by atoms with Gasteiger partial charge in [-0.05, 0) is 67.9 Å². The maximum absolute atomic E-state index is 12.4. The minimum absolute atomic E-state index is 0.136. The molecule has 2 amide bonds. The molecule has 3 rings (SSSR count). The van der Waals surface area contributed by atoms with Gasteiger partial charge in [-0.3, -0.25) is 14.5 Å². The van der Waals surface area contributed by atoms with Gasteiger partial charge in [0, 0.05) is 30.2 Å². The van der Waals surface area contributed by atoms with E-state index in [2.05, 4.69) is 15.5 Å². The van der Waals surface area contributed by atoms with Gasteiger partial charge in [0.25, 0.3) is 0 Å². The van der Waals surface area contributed by atoms with Crippen molar-refractivity contribution in [2.75, 3.05) is 55.4 Å². The molecule has 7 heteroatoms. The molecule has 0 atom stereocenters. The Morgan fingerprint density at radius 1 is 0.900 bits per heavy atom. The van der Waals surface area contributed by atoms with E-state index in [1.165, 1.54) is 18.5 Å². The molecule has 0 radical (unpaired) electrons. The van der Waals surface area contributed by atoms with E-state index in [1.54, 1.807) is 36.3 Å². The number of amides is 2. The van der Waals surface area contributed by atoms with Gasteiger partial charge in [-0.25, -0.2) is 0 Å². The first-order valence-corrected chi connectivity index (χ1v) is 10.4. The molecule has 2 aromatic rings. The van der Waals surface area contributed by atoms with E-state index < -0.39 is 0 Å². The van der Waals surface area contributed by atoms with Crippen LogP contribution >= 0.6 is 0 Å². The van der Waals surface area contributed by atoms with Crippen molar-refractivity contribution in [3.05, 3.63) is 48.5 Å². The highest BCUT2D eigenvalue weighted by molar-refractivity contribution is 5.94. The average molecular weight is 411 g/mol. The fourth-order valence-corrected chi connectivity index (χ4v) is 3.49. The standard InChI is InChI=1S/C23H30N4O3/c1-3-26(17-23(29)25-19-8-12-21(30-2)13-9-19)16-22(28)24-18-6-10-20(11-7-18)27-14-4-5-15-27/h6-13H,3-5,14-17H2,1-2H3,(H,24,28)(H,25,29). The minimum Gasteiger partial charge on any atom is -0.497 e. The predicted molar refractivity (Wildman–Crippen MR) is 120 cm³/mol. The summed E-state index contributed by atoms with van der Waals surface area (Å²) in [6.45, 7) is 5.01. The second-order valence-corrected chi connectivity index (χ2v) is 7.37. The summed E-state index contributed by atoms with van der Waals surface area (Å²) in [7, 11) is 1.60. The third-order valence-corrected chi connectivity index (χ3v) is 5.18. The van der Waals surface area contributed by atoms with Crippen LogP contribution in [0.25, 0.3) is 0 Å². The summed E-state index contributed by atoms with van der Waals surface area (Å²) in [6, 6.07) is 15.1. The van der Waals surface area contributed by atoms with E-state index in [-0.39, 0.29) is 24.9 Å². The third kappa shape index (κ3) is 6.22. The molecule has 0 aliphatic carbocycles. The number of benzene rings is 2. The largest absolute Gasteiger partial charge is 0.497 e. The van der Waals surface area contributed by atoms with Crippen molar-refractivity contribution >= 4 is 28.9 Å². The molecule has 1 aliphatic rings. The van der Waals surface area contributed by atoms with Crippen molar-refractivity contribution in [3.8, 4) is 5.75 Å². The van der Waals surface area contributed by atoms with Gasteiger partial charge >= 0.3 is 0 Å². The fraction of sp³-hybridized carbons (Fsp3) is 0.391. The maximum atomic E-state index is 12.4. The highest BCUT2D eigenvalue weighted by Gasteiger charge is 2.15. The molecule has 30 heavy (non-hydrogen) atoms. The highest BCUT2D eigenvalue weighted by atomic mass is 16.5. The van der Waals surface area contributed by atoms with Crippen molar-refractivity contribution in [3.63, 3.8) is 0 Å². The van der Waals surface area contributed by atoms with Crippen molar-refractivity contribution in [2.45, 2.75) is 19.8 Å². The van der Waals surface area contributed by atoms with Gasteiger partial charge in [-0.15, -0.1) is 0 Å². The molecule has 0 unspecified atom stereocenters. The summed E-state index contributed by atoms with van der Waals surface area (Å²) in [5, 5.41) is 5.76. The number of anilines is 3. The molecule has 1 saturated heterocycles. The van der Waals surface area contributed by atoms with Crippen LogP contribution in [-0.2, 0) is 9.59 Å². The normalized spacial score (nSPS) is 13.4. The van der Waals surface area contributed by atoms with Gasteiger partial charge in [-0.1, -0.05) is 6.92 Å². The van der Waals surface area contributed by atoms with Crippen LogP contribution in [0.5, 0.6) is 5.75 Å². The number of rotatable bonds is 9. The lowest BCUT2D eigenvalue weighted by molar-refractivity contribution is -0.119. The number of carbonyl (C=O) groups excluding carboxylic acids is 2. The number of ether oxygens (including phenoxy) is 1. The van der Waals surface area contributed by atoms with Crippen molar-refractivity contribution < 1.29 is 14.3 Å². The van der Waals surface area contributed by atoms with E-state index in [9.17, 15) is 9.59 Å². The number of carbonyl (C=O) groups is 2. The fourth-order valence-electron chi connectivity index (χ4n) is 3.49. The number of nitrogens with zero attached hydrogens (tertiary/aromatic N) is 2. The Morgan fingerprint density at radius 2 is 1.40 bits per heavy atom. The van der Waals surface area contributed by atoms with Crippen LogP contribution in [0, 0.1) is 0 Å². The Labute approximate surface area is 178 Å². The Bertz CT molecular complexity index is 831. The Morgan fingerprint density at radius 3 is 1.87 bits per heavy atom.